The Morgan fingerprint density at radius 1 is 1.20 bits per heavy atom. The molecule has 2 N–H and O–H groups in total. The topological polar surface area (TPSA) is 35.5 Å². The summed E-state index contributed by atoms with van der Waals surface area (Å²) in [4.78, 5) is 2.35. The van der Waals surface area contributed by atoms with Gasteiger partial charge in [0.05, 0.1) is 6.61 Å². The average Bonchev–Trinajstić information content (AvgIpc) is 2.21. The zero-order chi connectivity index (χ0) is 11.7. The van der Waals surface area contributed by atoms with E-state index in [1.807, 2.05) is 0 Å². The summed E-state index contributed by atoms with van der Waals surface area (Å²) in [5.74, 6) is 0.773. The van der Waals surface area contributed by atoms with Gasteiger partial charge in [-0.05, 0) is 45.4 Å². The van der Waals surface area contributed by atoms with E-state index in [1.165, 1.54) is 6.42 Å². The first kappa shape index (κ1) is 14.9. The van der Waals surface area contributed by atoms with Gasteiger partial charge in [0.15, 0.2) is 0 Å². The third-order valence-electron chi connectivity index (χ3n) is 2.66. The molecule has 0 aliphatic heterocycles. The molecule has 0 amide bonds. The van der Waals surface area contributed by atoms with E-state index >= 15 is 0 Å². The van der Waals surface area contributed by atoms with E-state index in [4.69, 9.17) is 5.11 Å². The van der Waals surface area contributed by atoms with Crippen molar-refractivity contribution in [3.8, 4) is 0 Å². The number of aliphatic hydroxyl groups is 1. The van der Waals surface area contributed by atoms with E-state index < -0.39 is 0 Å². The first-order chi connectivity index (χ1) is 7.10. The van der Waals surface area contributed by atoms with Crippen molar-refractivity contribution in [2.75, 3.05) is 33.3 Å². The summed E-state index contributed by atoms with van der Waals surface area (Å²) in [6, 6.07) is 0.261. The van der Waals surface area contributed by atoms with Gasteiger partial charge in [-0.1, -0.05) is 20.8 Å². The Morgan fingerprint density at radius 3 is 2.27 bits per heavy atom. The lowest BCUT2D eigenvalue weighted by Crippen LogP contribution is -2.36. The molecule has 0 radical (unpaired) electrons. The van der Waals surface area contributed by atoms with Gasteiger partial charge in [-0.25, -0.2) is 0 Å². The Labute approximate surface area is 94.9 Å². The van der Waals surface area contributed by atoms with Gasteiger partial charge < -0.3 is 15.3 Å². The van der Waals surface area contributed by atoms with E-state index in [0.717, 1.165) is 32.0 Å². The second-order valence-corrected chi connectivity index (χ2v) is 4.71. The van der Waals surface area contributed by atoms with Crippen molar-refractivity contribution >= 4 is 0 Å². The number of hydrogen-bond acceptors (Lipinski definition) is 3. The Kier molecular flexibility index (Phi) is 9.06. The van der Waals surface area contributed by atoms with Crippen molar-refractivity contribution < 1.29 is 5.11 Å². The lowest BCUT2D eigenvalue weighted by atomic mass is 10.1. The zero-order valence-corrected chi connectivity index (χ0v) is 10.8. The predicted molar refractivity (Wildman–Crippen MR) is 66.1 cm³/mol. The average molecular weight is 216 g/mol. The van der Waals surface area contributed by atoms with Crippen LogP contribution in [0.15, 0.2) is 0 Å². The van der Waals surface area contributed by atoms with Crippen molar-refractivity contribution in [1.29, 1.82) is 0 Å². The SMILES string of the molecule is CCNC(CO)CCN(C)CCC(C)C. The van der Waals surface area contributed by atoms with Gasteiger partial charge >= 0.3 is 0 Å². The highest BCUT2D eigenvalue weighted by atomic mass is 16.3. The number of nitrogens with one attached hydrogen (secondary N) is 1. The molecule has 0 saturated heterocycles. The fraction of sp³-hybridized carbons (Fsp3) is 1.00. The molecule has 1 unspecified atom stereocenters. The van der Waals surface area contributed by atoms with Gasteiger partial charge in [-0.2, -0.15) is 0 Å². The minimum atomic E-state index is 0.242. The molecule has 0 aromatic heterocycles. The van der Waals surface area contributed by atoms with Crippen LogP contribution in [0.5, 0.6) is 0 Å². The van der Waals surface area contributed by atoms with E-state index in [-0.39, 0.29) is 12.6 Å². The molecule has 0 saturated carbocycles. The normalized spacial score (nSPS) is 13.8. The summed E-state index contributed by atoms with van der Waals surface area (Å²) < 4.78 is 0. The van der Waals surface area contributed by atoms with Crippen LogP contribution in [0.1, 0.15) is 33.6 Å². The van der Waals surface area contributed by atoms with Crippen LogP contribution in [-0.2, 0) is 0 Å². The molecule has 0 aliphatic carbocycles. The Morgan fingerprint density at radius 2 is 1.80 bits per heavy atom. The number of rotatable bonds is 9. The fourth-order valence-electron chi connectivity index (χ4n) is 1.51. The fourth-order valence-corrected chi connectivity index (χ4v) is 1.51. The Balaban J connectivity index is 3.54. The van der Waals surface area contributed by atoms with Crippen molar-refractivity contribution in [2.45, 2.75) is 39.7 Å². The van der Waals surface area contributed by atoms with E-state index in [9.17, 15) is 0 Å². The molecule has 0 spiro atoms. The van der Waals surface area contributed by atoms with Crippen LogP contribution in [0.4, 0.5) is 0 Å². The molecular weight excluding hydrogens is 188 g/mol. The van der Waals surface area contributed by atoms with Crippen LogP contribution in [-0.4, -0.2) is 49.3 Å². The Hall–Kier alpha value is -0.120. The van der Waals surface area contributed by atoms with Gasteiger partial charge in [0.25, 0.3) is 0 Å². The molecule has 3 nitrogen and oxygen atoms in total. The summed E-state index contributed by atoms with van der Waals surface area (Å²) in [6.45, 7) is 9.97. The number of likely N-dealkylation sites (N-methyl/N-ethyl adjacent to an activating group) is 1. The summed E-state index contributed by atoms with van der Waals surface area (Å²) >= 11 is 0. The highest BCUT2D eigenvalue weighted by Crippen LogP contribution is 2.02. The van der Waals surface area contributed by atoms with E-state index in [1.54, 1.807) is 0 Å². The molecule has 0 aliphatic rings. The monoisotopic (exact) mass is 216 g/mol. The van der Waals surface area contributed by atoms with E-state index in [0.29, 0.717) is 0 Å². The number of aliphatic hydroxyl groups excluding tert-OH is 1. The van der Waals surface area contributed by atoms with Crippen molar-refractivity contribution in [3.63, 3.8) is 0 Å². The highest BCUT2D eigenvalue weighted by Gasteiger charge is 2.07. The lowest BCUT2D eigenvalue weighted by molar-refractivity contribution is 0.216. The predicted octanol–water partition coefficient (Wildman–Crippen LogP) is 1.32. The van der Waals surface area contributed by atoms with Gasteiger partial charge in [0, 0.05) is 6.04 Å². The van der Waals surface area contributed by atoms with Crippen molar-refractivity contribution in [3.05, 3.63) is 0 Å². The first-order valence-corrected chi connectivity index (χ1v) is 6.12. The quantitative estimate of drug-likeness (QED) is 0.610. The van der Waals surface area contributed by atoms with Crippen LogP contribution >= 0.6 is 0 Å². The minimum Gasteiger partial charge on any atom is -0.395 e. The van der Waals surface area contributed by atoms with Crippen molar-refractivity contribution in [1.82, 2.24) is 10.2 Å². The zero-order valence-electron chi connectivity index (χ0n) is 10.8. The maximum Gasteiger partial charge on any atom is 0.0585 e. The molecular formula is C12H28N2O. The maximum absolute atomic E-state index is 9.11. The summed E-state index contributed by atoms with van der Waals surface area (Å²) in [6.07, 6.45) is 2.28. The summed E-state index contributed by atoms with van der Waals surface area (Å²) in [5, 5.41) is 12.4. The van der Waals surface area contributed by atoms with Gasteiger partial charge in [0.2, 0.25) is 0 Å². The van der Waals surface area contributed by atoms with Gasteiger partial charge in [-0.3, -0.25) is 0 Å². The first-order valence-electron chi connectivity index (χ1n) is 6.12. The summed E-state index contributed by atoms with van der Waals surface area (Å²) in [7, 11) is 2.16. The van der Waals surface area contributed by atoms with Crippen LogP contribution in [0.25, 0.3) is 0 Å². The third-order valence-corrected chi connectivity index (χ3v) is 2.66. The van der Waals surface area contributed by atoms with Crippen molar-refractivity contribution in [2.24, 2.45) is 5.92 Å². The van der Waals surface area contributed by atoms with Crippen LogP contribution in [0.2, 0.25) is 0 Å². The van der Waals surface area contributed by atoms with E-state index in [2.05, 4.69) is 38.0 Å². The minimum absolute atomic E-state index is 0.242. The maximum atomic E-state index is 9.11. The molecule has 92 valence electrons. The third kappa shape index (κ3) is 8.85. The van der Waals surface area contributed by atoms with Gasteiger partial charge in [0.1, 0.15) is 0 Å². The molecule has 0 heterocycles. The second-order valence-electron chi connectivity index (χ2n) is 4.71. The van der Waals surface area contributed by atoms with Crippen LogP contribution in [0.3, 0.4) is 0 Å². The second kappa shape index (κ2) is 9.13. The molecule has 0 bridgehead atoms. The molecule has 0 aromatic rings. The van der Waals surface area contributed by atoms with Gasteiger partial charge in [-0.15, -0.1) is 0 Å². The molecule has 0 fully saturated rings. The standard InChI is InChI=1S/C12H28N2O/c1-5-13-12(10-15)7-9-14(4)8-6-11(2)3/h11-13,15H,5-10H2,1-4H3. The molecule has 0 aromatic carbocycles. The van der Waals surface area contributed by atoms with Crippen LogP contribution < -0.4 is 5.32 Å². The smallest absolute Gasteiger partial charge is 0.0585 e. The number of hydrogen-bond donors (Lipinski definition) is 2. The Bertz CT molecular complexity index is 140. The highest BCUT2D eigenvalue weighted by molar-refractivity contribution is 4.66. The molecule has 0 rings (SSSR count). The molecule has 15 heavy (non-hydrogen) atoms. The van der Waals surface area contributed by atoms with Crippen LogP contribution in [0, 0.1) is 5.92 Å². The molecule has 3 heteroatoms. The number of nitrogens with zero attached hydrogens (tertiary/aromatic N) is 1. The largest absolute Gasteiger partial charge is 0.395 e. The summed E-state index contributed by atoms with van der Waals surface area (Å²) in [5.41, 5.74) is 0. The molecule has 1 atom stereocenters. The lowest BCUT2D eigenvalue weighted by Gasteiger charge is -2.21.